The summed E-state index contributed by atoms with van der Waals surface area (Å²) in [5.41, 5.74) is 0.965. The fraction of sp³-hybridized carbons (Fsp3) is 0.136. The number of carbonyl (C=O) groups is 1. The molecular formula is C22H19O2S2+. The Morgan fingerprint density at radius 2 is 1.88 bits per heavy atom. The Morgan fingerprint density at radius 1 is 1.04 bits per heavy atom. The van der Waals surface area contributed by atoms with Crippen molar-refractivity contribution in [1.82, 2.24) is 0 Å². The second-order valence-electron chi connectivity index (χ2n) is 6.62. The van der Waals surface area contributed by atoms with Gasteiger partial charge in [0.25, 0.3) is 0 Å². The maximum absolute atomic E-state index is 12.7. The van der Waals surface area contributed by atoms with Crippen LogP contribution in [0.1, 0.15) is 29.8 Å². The molecule has 4 heteroatoms. The molecule has 0 aliphatic heterocycles. The monoisotopic (exact) mass is 379 g/mol. The molecule has 26 heavy (non-hydrogen) atoms. The fourth-order valence-corrected chi connectivity index (χ4v) is 5.70. The molecule has 0 saturated heterocycles. The van der Waals surface area contributed by atoms with E-state index >= 15 is 0 Å². The number of benzene rings is 2. The number of hydrogen-bond donors (Lipinski definition) is 0. The van der Waals surface area contributed by atoms with Crippen molar-refractivity contribution in [2.75, 3.05) is 0 Å². The van der Waals surface area contributed by atoms with Crippen molar-refractivity contribution in [3.63, 3.8) is 0 Å². The highest BCUT2D eigenvalue weighted by Gasteiger charge is 2.27. The Kier molecular flexibility index (Phi) is 4.39. The van der Waals surface area contributed by atoms with E-state index in [-0.39, 0.29) is 16.4 Å². The molecular weight excluding hydrogens is 360 g/mol. The van der Waals surface area contributed by atoms with Crippen LogP contribution in [0.2, 0.25) is 0 Å². The van der Waals surface area contributed by atoms with Crippen molar-refractivity contribution in [3.05, 3.63) is 87.9 Å². The van der Waals surface area contributed by atoms with Crippen LogP contribution in [0.15, 0.2) is 76.8 Å². The van der Waals surface area contributed by atoms with Crippen molar-refractivity contribution in [2.24, 2.45) is 0 Å². The van der Waals surface area contributed by atoms with Crippen LogP contribution in [0.4, 0.5) is 0 Å². The fourth-order valence-electron chi connectivity index (χ4n) is 2.96. The molecule has 0 N–H and O–H groups in total. The third-order valence-electron chi connectivity index (χ3n) is 4.43. The molecule has 0 bridgehead atoms. The summed E-state index contributed by atoms with van der Waals surface area (Å²) in [6, 6.07) is 20.3. The summed E-state index contributed by atoms with van der Waals surface area (Å²) < 4.78 is 7.11. The maximum Gasteiger partial charge on any atom is 0.339 e. The molecule has 130 valence electrons. The minimum atomic E-state index is -0.644. The first-order chi connectivity index (χ1) is 12.5. The van der Waals surface area contributed by atoms with Crippen molar-refractivity contribution in [2.45, 2.75) is 19.4 Å². The zero-order valence-corrected chi connectivity index (χ0v) is 16.3. The second kappa shape index (κ2) is 6.71. The molecule has 0 aliphatic carbocycles. The molecule has 0 spiro atoms. The number of thiophene rings is 2. The quantitative estimate of drug-likeness (QED) is 0.290. The Morgan fingerprint density at radius 3 is 2.69 bits per heavy atom. The highest BCUT2D eigenvalue weighted by atomic mass is 32.2. The molecule has 0 aliphatic rings. The van der Waals surface area contributed by atoms with E-state index in [0.29, 0.717) is 5.56 Å². The summed E-state index contributed by atoms with van der Waals surface area (Å²) in [4.78, 5) is 13.9. The normalized spacial score (nSPS) is 12.3. The van der Waals surface area contributed by atoms with Crippen LogP contribution in [0.25, 0.3) is 15.0 Å². The molecule has 2 aromatic carbocycles. The molecule has 4 rings (SSSR count). The van der Waals surface area contributed by atoms with Gasteiger partial charge in [-0.25, -0.2) is 4.79 Å². The molecule has 0 radical (unpaired) electrons. The predicted octanol–water partition coefficient (Wildman–Crippen LogP) is 6.73. The van der Waals surface area contributed by atoms with Gasteiger partial charge >= 0.3 is 5.97 Å². The summed E-state index contributed by atoms with van der Waals surface area (Å²) >= 11 is 1.60. The lowest BCUT2D eigenvalue weighted by molar-refractivity contribution is -0.00294. The largest absolute Gasteiger partial charge is 0.451 e. The molecule has 0 amide bonds. The van der Waals surface area contributed by atoms with E-state index in [4.69, 9.17) is 4.74 Å². The zero-order valence-electron chi connectivity index (χ0n) is 14.6. The van der Waals surface area contributed by atoms with Crippen LogP contribution < -0.4 is 0 Å². The van der Waals surface area contributed by atoms with E-state index in [9.17, 15) is 4.79 Å². The van der Waals surface area contributed by atoms with Gasteiger partial charge < -0.3 is 4.74 Å². The summed E-state index contributed by atoms with van der Waals surface area (Å²) in [5.74, 6) is -0.289. The van der Waals surface area contributed by atoms with Crippen molar-refractivity contribution >= 4 is 37.9 Å². The standard InChI is InChI=1S/C22H19O2S2/c1-22(2,18-10-12-25-15-18)24-21(23)17-7-5-8-19(14-17)26-13-11-16-6-3-4-9-20(16)26/h3-15H,1-2H3/q+1. The van der Waals surface area contributed by atoms with Crippen LogP contribution in [0, 0.1) is 0 Å². The van der Waals surface area contributed by atoms with Crippen molar-refractivity contribution in [1.29, 1.82) is 0 Å². The summed E-state index contributed by atoms with van der Waals surface area (Å²) in [5, 5.41) is 7.48. The summed E-state index contributed by atoms with van der Waals surface area (Å²) in [6.45, 7) is 3.85. The average molecular weight is 380 g/mol. The van der Waals surface area contributed by atoms with E-state index < -0.39 is 5.60 Å². The molecule has 0 saturated carbocycles. The number of ether oxygens (including phenoxy) is 1. The van der Waals surface area contributed by atoms with Gasteiger partial charge in [-0.15, -0.1) is 0 Å². The van der Waals surface area contributed by atoms with Crippen molar-refractivity contribution < 1.29 is 9.53 Å². The first kappa shape index (κ1) is 17.0. The van der Waals surface area contributed by atoms with Gasteiger partial charge in [0.2, 0.25) is 0 Å². The molecule has 2 nitrogen and oxygen atoms in total. The van der Waals surface area contributed by atoms with Gasteiger partial charge in [0.05, 0.1) is 5.56 Å². The van der Waals surface area contributed by atoms with Gasteiger partial charge in [-0.05, 0) is 54.9 Å². The van der Waals surface area contributed by atoms with Gasteiger partial charge in [-0.3, -0.25) is 0 Å². The molecule has 0 fully saturated rings. The number of fused-ring (bicyclic) bond motifs is 1. The highest BCUT2D eigenvalue weighted by Crippen LogP contribution is 2.40. The van der Waals surface area contributed by atoms with Crippen molar-refractivity contribution in [3.8, 4) is 4.90 Å². The number of esters is 1. The topological polar surface area (TPSA) is 26.3 Å². The maximum atomic E-state index is 12.7. The summed E-state index contributed by atoms with van der Waals surface area (Å²) in [7, 11) is -0.132. The summed E-state index contributed by atoms with van der Waals surface area (Å²) in [6.07, 6.45) is 0. The zero-order chi connectivity index (χ0) is 18.1. The number of carbonyl (C=O) groups excluding carboxylic acids is 1. The van der Waals surface area contributed by atoms with Crippen LogP contribution in [-0.4, -0.2) is 5.97 Å². The SMILES string of the molecule is CC(C)(OC(=O)c1cccc(-[s+]2ccc3ccccc32)c1)c1ccsc1. The molecule has 1 atom stereocenters. The molecule has 1 unspecified atom stereocenters. The lowest BCUT2D eigenvalue weighted by atomic mass is 10.0. The van der Waals surface area contributed by atoms with Gasteiger partial charge in [-0.1, -0.05) is 18.2 Å². The average Bonchev–Trinajstić information content (AvgIpc) is 3.32. The van der Waals surface area contributed by atoms with Gasteiger partial charge in [-0.2, -0.15) is 11.3 Å². The van der Waals surface area contributed by atoms with E-state index in [1.165, 1.54) is 10.1 Å². The second-order valence-corrected chi connectivity index (χ2v) is 9.26. The molecule has 4 aromatic rings. The van der Waals surface area contributed by atoms with E-state index in [1.807, 2.05) is 48.9 Å². The lowest BCUT2D eigenvalue weighted by Crippen LogP contribution is -2.25. The van der Waals surface area contributed by atoms with Gasteiger partial charge in [0.1, 0.15) is 11.0 Å². The Labute approximate surface area is 159 Å². The first-order valence-corrected chi connectivity index (χ1v) is 10.6. The van der Waals surface area contributed by atoms with Crippen LogP contribution >= 0.6 is 21.8 Å². The predicted molar refractivity (Wildman–Crippen MR) is 111 cm³/mol. The highest BCUT2D eigenvalue weighted by molar-refractivity contribution is 7.43. The number of hydrogen-bond acceptors (Lipinski definition) is 3. The number of rotatable bonds is 4. The van der Waals surface area contributed by atoms with E-state index in [2.05, 4.69) is 41.8 Å². The third kappa shape index (κ3) is 3.18. The smallest absolute Gasteiger partial charge is 0.339 e. The van der Waals surface area contributed by atoms with Gasteiger partial charge in [0.15, 0.2) is 9.60 Å². The minimum Gasteiger partial charge on any atom is -0.451 e. The lowest BCUT2D eigenvalue weighted by Gasteiger charge is -2.24. The Hall–Kier alpha value is -2.43. The van der Waals surface area contributed by atoms with Crippen LogP contribution in [-0.2, 0) is 10.3 Å². The Bertz CT molecular complexity index is 1060. The van der Waals surface area contributed by atoms with E-state index in [1.54, 1.807) is 11.3 Å². The van der Waals surface area contributed by atoms with Gasteiger partial charge in [0, 0.05) is 33.6 Å². The van der Waals surface area contributed by atoms with Crippen LogP contribution in [0.5, 0.6) is 0 Å². The minimum absolute atomic E-state index is 0.132. The third-order valence-corrected chi connectivity index (χ3v) is 7.13. The first-order valence-electron chi connectivity index (χ1n) is 8.41. The van der Waals surface area contributed by atoms with E-state index in [0.717, 1.165) is 10.5 Å². The molecule has 2 aromatic heterocycles. The van der Waals surface area contributed by atoms with Crippen LogP contribution in [0.3, 0.4) is 0 Å². The Balaban J connectivity index is 1.64. The molecule has 2 heterocycles.